The van der Waals surface area contributed by atoms with Crippen LogP contribution in [-0.2, 0) is 16.6 Å². The van der Waals surface area contributed by atoms with Gasteiger partial charge in [-0.1, -0.05) is 11.6 Å². The van der Waals surface area contributed by atoms with Gasteiger partial charge in [0.1, 0.15) is 22.2 Å². The second kappa shape index (κ2) is 5.97. The van der Waals surface area contributed by atoms with E-state index in [9.17, 15) is 8.42 Å². The van der Waals surface area contributed by atoms with E-state index in [1.54, 1.807) is 19.1 Å². The van der Waals surface area contributed by atoms with Gasteiger partial charge < -0.3 is 14.9 Å². The van der Waals surface area contributed by atoms with Crippen LogP contribution in [-0.4, -0.2) is 15.5 Å². The Morgan fingerprint density at radius 1 is 1.38 bits per heavy atom. The number of rotatable bonds is 5. The van der Waals surface area contributed by atoms with E-state index >= 15 is 0 Å². The van der Waals surface area contributed by atoms with Gasteiger partial charge >= 0.3 is 0 Å². The number of nitrogens with two attached hydrogens (primary N) is 1. The van der Waals surface area contributed by atoms with E-state index in [0.29, 0.717) is 16.5 Å². The minimum Gasteiger partial charge on any atom is -0.495 e. The Morgan fingerprint density at radius 2 is 2.10 bits per heavy atom. The third kappa shape index (κ3) is 3.31. The Hall–Kier alpha value is -1.70. The zero-order chi connectivity index (χ0) is 15.6. The molecule has 0 atom stereocenters. The normalized spacial score (nSPS) is 11.4. The highest BCUT2D eigenvalue weighted by Crippen LogP contribution is 2.31. The molecule has 0 bridgehead atoms. The lowest BCUT2D eigenvalue weighted by Crippen LogP contribution is -2.14. The summed E-state index contributed by atoms with van der Waals surface area (Å²) in [5.41, 5.74) is 5.70. The maximum atomic E-state index is 12.4. The summed E-state index contributed by atoms with van der Waals surface area (Å²) in [6.07, 6.45) is 0. The Bertz CT molecular complexity index is 756. The highest BCUT2D eigenvalue weighted by Gasteiger charge is 2.22. The molecule has 0 radical (unpaired) electrons. The molecule has 0 amide bonds. The molecular weight excluding hydrogens is 316 g/mol. The molecule has 0 saturated carbocycles. The summed E-state index contributed by atoms with van der Waals surface area (Å²) in [7, 11) is -2.38. The minimum absolute atomic E-state index is 0.0324. The second-order valence-electron chi connectivity index (χ2n) is 4.29. The SMILES string of the molecule is COc1ccc(Cl)cc1NS(=O)(=O)c1cc(CN)oc1C. The van der Waals surface area contributed by atoms with Gasteiger partial charge in [0.05, 0.1) is 19.3 Å². The molecule has 0 fully saturated rings. The Balaban J connectivity index is 2.41. The number of benzene rings is 1. The van der Waals surface area contributed by atoms with Crippen LogP contribution in [0, 0.1) is 6.92 Å². The van der Waals surface area contributed by atoms with E-state index in [1.807, 2.05) is 0 Å². The number of sulfonamides is 1. The average Bonchev–Trinajstić information content (AvgIpc) is 2.81. The van der Waals surface area contributed by atoms with Crippen LogP contribution in [0.1, 0.15) is 11.5 Å². The van der Waals surface area contributed by atoms with Gasteiger partial charge in [0.2, 0.25) is 0 Å². The third-order valence-corrected chi connectivity index (χ3v) is 4.53. The standard InChI is InChI=1S/C13H15ClN2O4S/c1-8-13(6-10(7-15)20-8)21(17,18)16-11-5-9(14)3-4-12(11)19-2/h3-6,16H,7,15H2,1-2H3. The lowest BCUT2D eigenvalue weighted by molar-refractivity contribution is 0.417. The maximum absolute atomic E-state index is 12.4. The van der Waals surface area contributed by atoms with Crippen molar-refractivity contribution in [2.24, 2.45) is 5.73 Å². The molecule has 21 heavy (non-hydrogen) atoms. The largest absolute Gasteiger partial charge is 0.495 e. The van der Waals surface area contributed by atoms with Gasteiger partial charge in [0.15, 0.2) is 0 Å². The van der Waals surface area contributed by atoms with Gasteiger partial charge in [-0.3, -0.25) is 4.72 Å². The van der Waals surface area contributed by atoms with E-state index in [0.717, 1.165) is 0 Å². The molecule has 6 nitrogen and oxygen atoms in total. The average molecular weight is 331 g/mol. The van der Waals surface area contributed by atoms with Crippen LogP contribution in [0.25, 0.3) is 0 Å². The Kier molecular flexibility index (Phi) is 4.46. The predicted molar refractivity (Wildman–Crippen MR) is 80.1 cm³/mol. The number of anilines is 1. The minimum atomic E-state index is -3.82. The van der Waals surface area contributed by atoms with E-state index in [4.69, 9.17) is 26.5 Å². The monoisotopic (exact) mass is 330 g/mol. The number of hydrogen-bond donors (Lipinski definition) is 2. The molecule has 0 unspecified atom stereocenters. The van der Waals surface area contributed by atoms with Gasteiger partial charge in [0, 0.05) is 11.1 Å². The van der Waals surface area contributed by atoms with Crippen LogP contribution in [0.4, 0.5) is 5.69 Å². The zero-order valence-electron chi connectivity index (χ0n) is 11.5. The van der Waals surface area contributed by atoms with Gasteiger partial charge in [0.25, 0.3) is 10.0 Å². The molecule has 3 N–H and O–H groups in total. The van der Waals surface area contributed by atoms with Crippen molar-refractivity contribution in [3.05, 3.63) is 40.8 Å². The summed E-state index contributed by atoms with van der Waals surface area (Å²) in [5, 5.41) is 0.389. The van der Waals surface area contributed by atoms with Crippen molar-refractivity contribution in [2.75, 3.05) is 11.8 Å². The number of halogens is 1. The van der Waals surface area contributed by atoms with Gasteiger partial charge in [-0.2, -0.15) is 0 Å². The first-order chi connectivity index (χ1) is 9.87. The van der Waals surface area contributed by atoms with Gasteiger partial charge in [-0.15, -0.1) is 0 Å². The summed E-state index contributed by atoms with van der Waals surface area (Å²) in [4.78, 5) is 0.0324. The third-order valence-electron chi connectivity index (χ3n) is 2.82. The molecule has 1 heterocycles. The van der Waals surface area contributed by atoms with Crippen molar-refractivity contribution in [3.63, 3.8) is 0 Å². The van der Waals surface area contributed by atoms with E-state index in [1.165, 1.54) is 19.2 Å². The molecule has 0 saturated heterocycles. The first kappa shape index (κ1) is 15.7. The lowest BCUT2D eigenvalue weighted by Gasteiger charge is -2.11. The van der Waals surface area contributed by atoms with Crippen LogP contribution in [0.5, 0.6) is 5.75 Å². The second-order valence-corrected chi connectivity index (χ2v) is 6.37. The maximum Gasteiger partial charge on any atom is 0.265 e. The van der Waals surface area contributed by atoms with Crippen molar-refractivity contribution in [3.8, 4) is 5.75 Å². The van der Waals surface area contributed by atoms with E-state index < -0.39 is 10.0 Å². The van der Waals surface area contributed by atoms with E-state index in [-0.39, 0.29) is 22.9 Å². The highest BCUT2D eigenvalue weighted by atomic mass is 35.5. The number of furan rings is 1. The Labute approximate surface area is 127 Å². The van der Waals surface area contributed by atoms with Crippen LogP contribution >= 0.6 is 11.6 Å². The molecule has 0 aliphatic rings. The number of hydrogen-bond acceptors (Lipinski definition) is 5. The topological polar surface area (TPSA) is 94.6 Å². The van der Waals surface area contributed by atoms with Crippen LogP contribution in [0.3, 0.4) is 0 Å². The Morgan fingerprint density at radius 3 is 2.67 bits per heavy atom. The lowest BCUT2D eigenvalue weighted by atomic mass is 10.3. The molecule has 0 aliphatic carbocycles. The summed E-state index contributed by atoms with van der Waals surface area (Å²) < 4.78 is 37.7. The van der Waals surface area contributed by atoms with E-state index in [2.05, 4.69) is 4.72 Å². The van der Waals surface area contributed by atoms with Crippen LogP contribution < -0.4 is 15.2 Å². The summed E-state index contributed by atoms with van der Waals surface area (Å²) in [6, 6.07) is 6.05. The fourth-order valence-corrected chi connectivity index (χ4v) is 3.29. The first-order valence-corrected chi connectivity index (χ1v) is 7.89. The first-order valence-electron chi connectivity index (χ1n) is 6.03. The summed E-state index contributed by atoms with van der Waals surface area (Å²) >= 11 is 5.88. The molecule has 8 heteroatoms. The van der Waals surface area contributed by atoms with Crippen LogP contribution in [0.2, 0.25) is 5.02 Å². The number of aryl methyl sites for hydroxylation is 1. The number of ether oxygens (including phenoxy) is 1. The molecule has 2 aromatic rings. The smallest absolute Gasteiger partial charge is 0.265 e. The quantitative estimate of drug-likeness (QED) is 0.878. The van der Waals surface area contributed by atoms with Crippen molar-refractivity contribution >= 4 is 27.3 Å². The summed E-state index contributed by atoms with van der Waals surface area (Å²) in [5.74, 6) is 1.03. The van der Waals surface area contributed by atoms with Crippen molar-refractivity contribution < 1.29 is 17.6 Å². The fraction of sp³-hybridized carbons (Fsp3) is 0.231. The molecule has 114 valence electrons. The molecule has 0 aliphatic heterocycles. The van der Waals surface area contributed by atoms with Crippen molar-refractivity contribution in [1.82, 2.24) is 0 Å². The number of nitrogens with one attached hydrogen (secondary N) is 1. The molecule has 0 spiro atoms. The zero-order valence-corrected chi connectivity index (χ0v) is 13.1. The molecular formula is C13H15ClN2O4S. The van der Waals surface area contributed by atoms with Gasteiger partial charge in [-0.05, 0) is 25.1 Å². The number of methoxy groups -OCH3 is 1. The molecule has 1 aromatic heterocycles. The summed E-state index contributed by atoms with van der Waals surface area (Å²) in [6.45, 7) is 1.68. The van der Waals surface area contributed by atoms with Gasteiger partial charge in [-0.25, -0.2) is 8.42 Å². The fourth-order valence-electron chi connectivity index (χ4n) is 1.85. The highest BCUT2D eigenvalue weighted by molar-refractivity contribution is 7.92. The predicted octanol–water partition coefficient (Wildman–Crippen LogP) is 2.51. The molecule has 1 aromatic carbocycles. The van der Waals surface area contributed by atoms with Crippen LogP contribution in [0.15, 0.2) is 33.6 Å². The molecule has 2 rings (SSSR count). The van der Waals surface area contributed by atoms with Crippen molar-refractivity contribution in [2.45, 2.75) is 18.4 Å². The van der Waals surface area contributed by atoms with Crippen molar-refractivity contribution in [1.29, 1.82) is 0 Å².